The van der Waals surface area contributed by atoms with E-state index in [9.17, 15) is 9.59 Å². The number of hydrogen-bond donors (Lipinski definition) is 0. The first-order valence-electron chi connectivity index (χ1n) is 19.4. The van der Waals surface area contributed by atoms with Gasteiger partial charge in [0, 0.05) is 44.0 Å². The lowest BCUT2D eigenvalue weighted by atomic mass is 10.3. The third-order valence-corrected chi connectivity index (χ3v) is 16.8. The van der Waals surface area contributed by atoms with E-state index in [-0.39, 0.29) is 24.6 Å². The number of ether oxygens (including phenoxy) is 2. The topological polar surface area (TPSA) is 90.5 Å². The SMILES string of the molecule is CCOC(=O)/C(=C/c1ccc(/C=C(\N=P(c2ccccc2)(c2ccccc2)c2ccccc2)C(=O)OCC)o1)N=P(c1ccccc1)(c1ccccc1)c1ccccc1. The van der Waals surface area contributed by atoms with Gasteiger partial charge in [-0.25, -0.2) is 19.1 Å². The second-order valence-corrected chi connectivity index (χ2v) is 19.3. The van der Waals surface area contributed by atoms with Crippen LogP contribution in [0.5, 0.6) is 0 Å². The maximum absolute atomic E-state index is 13.9. The van der Waals surface area contributed by atoms with Gasteiger partial charge in [-0.15, -0.1) is 0 Å². The average Bonchev–Trinajstić information content (AvgIpc) is 3.75. The minimum Gasteiger partial charge on any atom is -0.461 e. The van der Waals surface area contributed by atoms with E-state index in [0.29, 0.717) is 11.5 Å². The Balaban J connectivity index is 1.45. The van der Waals surface area contributed by atoms with E-state index < -0.39 is 26.0 Å². The highest BCUT2D eigenvalue weighted by atomic mass is 31.2. The summed E-state index contributed by atoms with van der Waals surface area (Å²) in [5.74, 6) is -0.486. The van der Waals surface area contributed by atoms with Crippen molar-refractivity contribution in [3.05, 3.63) is 217 Å². The zero-order valence-corrected chi connectivity index (χ0v) is 34.7. The largest absolute Gasteiger partial charge is 0.461 e. The van der Waals surface area contributed by atoms with Crippen molar-refractivity contribution in [3.8, 4) is 0 Å². The smallest absolute Gasteiger partial charge is 0.356 e. The Morgan fingerprint density at radius 2 is 0.661 bits per heavy atom. The normalized spacial score (nSPS) is 12.0. The van der Waals surface area contributed by atoms with Gasteiger partial charge in [-0.2, -0.15) is 0 Å². The Morgan fingerprint density at radius 1 is 0.424 bits per heavy atom. The molecule has 294 valence electrons. The summed E-state index contributed by atoms with van der Waals surface area (Å²) in [6.45, 7) is 3.85. The maximum Gasteiger partial charge on any atom is 0.356 e. The summed E-state index contributed by atoms with van der Waals surface area (Å²) >= 11 is 0. The monoisotopic (exact) mass is 814 g/mol. The number of furan rings is 1. The van der Waals surface area contributed by atoms with E-state index in [2.05, 4.69) is 72.8 Å². The molecule has 0 fully saturated rings. The summed E-state index contributed by atoms with van der Waals surface area (Å²) in [5.41, 5.74) is 0.193. The number of carbonyl (C=O) groups is 2. The third kappa shape index (κ3) is 8.98. The Morgan fingerprint density at radius 3 is 0.881 bits per heavy atom. The number of rotatable bonds is 14. The van der Waals surface area contributed by atoms with Gasteiger partial charge in [0.1, 0.15) is 11.5 Å². The molecule has 0 saturated heterocycles. The van der Waals surface area contributed by atoms with Crippen LogP contribution in [0.15, 0.2) is 219 Å². The van der Waals surface area contributed by atoms with Gasteiger partial charge in [0.2, 0.25) is 0 Å². The lowest BCUT2D eigenvalue weighted by Gasteiger charge is -2.27. The molecule has 0 saturated carbocycles. The van der Waals surface area contributed by atoms with Gasteiger partial charge >= 0.3 is 11.9 Å². The molecule has 6 aromatic carbocycles. The summed E-state index contributed by atoms with van der Waals surface area (Å²) < 4.78 is 28.5. The zero-order valence-electron chi connectivity index (χ0n) is 32.9. The fraction of sp³-hybridized carbons (Fsp3) is 0.0800. The Hall–Kier alpha value is -6.52. The van der Waals surface area contributed by atoms with Crippen LogP contribution in [0.3, 0.4) is 0 Å². The molecule has 1 aromatic heterocycles. The lowest BCUT2D eigenvalue weighted by Crippen LogP contribution is -2.26. The molecular weight excluding hydrogens is 771 g/mol. The van der Waals surface area contributed by atoms with E-state index in [1.54, 1.807) is 38.1 Å². The van der Waals surface area contributed by atoms with Crippen molar-refractivity contribution in [1.29, 1.82) is 0 Å². The first-order chi connectivity index (χ1) is 29.0. The van der Waals surface area contributed by atoms with Crippen LogP contribution in [0.1, 0.15) is 25.4 Å². The van der Waals surface area contributed by atoms with E-state index in [4.69, 9.17) is 23.4 Å². The van der Waals surface area contributed by atoms with Crippen LogP contribution in [0.2, 0.25) is 0 Å². The van der Waals surface area contributed by atoms with E-state index in [1.807, 2.05) is 109 Å². The summed E-state index contributed by atoms with van der Waals surface area (Å²) in [4.78, 5) is 27.9. The molecule has 0 aliphatic heterocycles. The van der Waals surface area contributed by atoms with Gasteiger partial charge < -0.3 is 13.9 Å². The Bertz CT molecular complexity index is 2270. The van der Waals surface area contributed by atoms with Gasteiger partial charge in [0.15, 0.2) is 11.4 Å². The second kappa shape index (κ2) is 19.3. The molecule has 0 N–H and O–H groups in total. The summed E-state index contributed by atoms with van der Waals surface area (Å²) in [6.07, 6.45) is 3.21. The molecule has 0 radical (unpaired) electrons. The highest BCUT2D eigenvalue weighted by Gasteiger charge is 2.31. The Kier molecular flexibility index (Phi) is 13.3. The molecule has 0 aliphatic rings. The van der Waals surface area contributed by atoms with Crippen molar-refractivity contribution in [1.82, 2.24) is 0 Å². The molecule has 0 atom stereocenters. The maximum atomic E-state index is 13.9. The average molecular weight is 815 g/mol. The van der Waals surface area contributed by atoms with Crippen molar-refractivity contribution in [2.75, 3.05) is 13.2 Å². The van der Waals surface area contributed by atoms with Crippen molar-refractivity contribution >= 4 is 70.0 Å². The lowest BCUT2D eigenvalue weighted by molar-refractivity contribution is -0.139. The van der Waals surface area contributed by atoms with Crippen molar-refractivity contribution in [2.45, 2.75) is 13.8 Å². The van der Waals surface area contributed by atoms with E-state index >= 15 is 0 Å². The van der Waals surface area contributed by atoms with Crippen LogP contribution in [-0.2, 0) is 19.1 Å². The number of esters is 2. The van der Waals surface area contributed by atoms with Crippen molar-refractivity contribution < 1.29 is 23.5 Å². The molecular formula is C50H44N2O5P2. The molecule has 0 spiro atoms. The minimum absolute atomic E-state index is 0.0964. The van der Waals surface area contributed by atoms with E-state index in [1.165, 1.54) is 0 Å². The molecule has 7 rings (SSSR count). The summed E-state index contributed by atoms with van der Waals surface area (Å²) in [6, 6.07) is 63.8. The van der Waals surface area contributed by atoms with Crippen LogP contribution in [0.25, 0.3) is 12.2 Å². The molecule has 0 aliphatic carbocycles. The van der Waals surface area contributed by atoms with E-state index in [0.717, 1.165) is 31.8 Å². The molecule has 59 heavy (non-hydrogen) atoms. The molecule has 0 amide bonds. The van der Waals surface area contributed by atoms with Gasteiger partial charge in [0.05, 0.1) is 27.3 Å². The van der Waals surface area contributed by atoms with Gasteiger partial charge in [-0.05, 0) is 26.0 Å². The fourth-order valence-electron chi connectivity index (χ4n) is 6.89. The summed E-state index contributed by atoms with van der Waals surface area (Å²) in [5, 5.41) is 5.82. The van der Waals surface area contributed by atoms with Crippen molar-refractivity contribution in [3.63, 3.8) is 0 Å². The minimum atomic E-state index is -2.84. The van der Waals surface area contributed by atoms with Crippen LogP contribution in [0.4, 0.5) is 0 Å². The number of hydrogen-bond acceptors (Lipinski definition) is 7. The Labute approximate surface area is 345 Å². The molecule has 7 aromatic rings. The number of carbonyl (C=O) groups excluding carboxylic acids is 2. The molecule has 9 heteroatoms. The third-order valence-electron chi connectivity index (χ3n) is 9.47. The number of nitrogens with zero attached hydrogens (tertiary/aromatic N) is 2. The van der Waals surface area contributed by atoms with Gasteiger partial charge in [-0.1, -0.05) is 182 Å². The number of benzene rings is 6. The standard InChI is InChI=1S/C50H44N2O5P2/c1-3-55-49(53)47(51-58(41-23-11-5-12-24-41,42-25-13-6-14-26-42)43-27-15-7-16-28-43)37-39-35-36-40(57-39)38-48(50(54)56-4-2)52-59(44-29-17-8-18-30-44,45-31-19-9-20-32-45)46-33-21-10-22-34-46/h5-38H,3-4H2,1-2H3/b47-37-,48-38-. The van der Waals surface area contributed by atoms with Crippen molar-refractivity contribution in [2.24, 2.45) is 9.49 Å². The second-order valence-electron chi connectivity index (χ2n) is 13.2. The highest BCUT2D eigenvalue weighted by Crippen LogP contribution is 2.49. The predicted molar refractivity (Wildman–Crippen MR) is 243 cm³/mol. The molecule has 0 unspecified atom stereocenters. The molecule has 0 bridgehead atoms. The van der Waals surface area contributed by atoms with Crippen LogP contribution in [-0.4, -0.2) is 25.2 Å². The van der Waals surface area contributed by atoms with Crippen LogP contribution in [0, 0.1) is 0 Å². The first-order valence-corrected chi connectivity index (χ1v) is 22.9. The fourth-order valence-corrected chi connectivity index (χ4v) is 13.9. The van der Waals surface area contributed by atoms with Crippen LogP contribution >= 0.6 is 14.1 Å². The van der Waals surface area contributed by atoms with Crippen LogP contribution < -0.4 is 31.8 Å². The van der Waals surface area contributed by atoms with Gasteiger partial charge in [0.25, 0.3) is 0 Å². The van der Waals surface area contributed by atoms with Gasteiger partial charge in [-0.3, -0.25) is 0 Å². The quantitative estimate of drug-likeness (QED) is 0.0620. The molecule has 7 nitrogen and oxygen atoms in total. The molecule has 1 heterocycles. The predicted octanol–water partition coefficient (Wildman–Crippen LogP) is 9.44. The summed E-state index contributed by atoms with van der Waals surface area (Å²) in [7, 11) is -5.68. The highest BCUT2D eigenvalue weighted by molar-refractivity contribution is 7.88. The first kappa shape index (κ1) is 40.7. The zero-order chi connectivity index (χ0) is 40.9.